The molecule has 0 radical (unpaired) electrons. The predicted molar refractivity (Wildman–Crippen MR) is 96.3 cm³/mol. The van der Waals surface area contributed by atoms with E-state index in [-0.39, 0.29) is 5.78 Å². The van der Waals surface area contributed by atoms with Crippen LogP contribution in [0.3, 0.4) is 0 Å². The fourth-order valence-corrected chi connectivity index (χ4v) is 4.25. The van der Waals surface area contributed by atoms with Gasteiger partial charge >= 0.3 is 0 Å². The number of carbonyl (C=O) groups is 1. The molecular formula is C18H23BrN2O4. The molecule has 6 nitrogen and oxygen atoms in total. The molecule has 0 bridgehead atoms. The normalized spacial score (nSPS) is 28.4. The van der Waals surface area contributed by atoms with E-state index in [1.54, 1.807) is 0 Å². The molecule has 7 heteroatoms. The first kappa shape index (κ1) is 17.4. The van der Waals surface area contributed by atoms with Gasteiger partial charge in [0, 0.05) is 37.2 Å². The average molecular weight is 411 g/mol. The lowest BCUT2D eigenvalue weighted by Gasteiger charge is -2.48. The van der Waals surface area contributed by atoms with Gasteiger partial charge in [-0.05, 0) is 18.2 Å². The number of hydrogen-bond acceptors (Lipinski definition) is 6. The van der Waals surface area contributed by atoms with Gasteiger partial charge in [-0.15, -0.1) is 0 Å². The zero-order valence-electron chi connectivity index (χ0n) is 14.2. The van der Waals surface area contributed by atoms with Gasteiger partial charge in [0.25, 0.3) is 0 Å². The van der Waals surface area contributed by atoms with E-state index in [1.165, 1.54) is 0 Å². The molecule has 3 heterocycles. The number of ketones is 1. The van der Waals surface area contributed by atoms with Crippen molar-refractivity contribution < 1.29 is 19.0 Å². The second kappa shape index (κ2) is 7.32. The van der Waals surface area contributed by atoms with Crippen LogP contribution in [0.15, 0.2) is 22.7 Å². The third-order valence-corrected chi connectivity index (χ3v) is 5.77. The zero-order valence-corrected chi connectivity index (χ0v) is 15.8. The Bertz CT molecular complexity index is 644. The molecule has 1 aromatic carbocycles. The highest BCUT2D eigenvalue weighted by atomic mass is 79.9. The summed E-state index contributed by atoms with van der Waals surface area (Å²) in [7, 11) is 0. The van der Waals surface area contributed by atoms with Crippen molar-refractivity contribution in [3.8, 4) is 5.75 Å². The van der Waals surface area contributed by atoms with Crippen molar-refractivity contribution in [3.05, 3.63) is 28.2 Å². The molecule has 136 valence electrons. The summed E-state index contributed by atoms with van der Waals surface area (Å²) < 4.78 is 18.0. The Kier molecular flexibility index (Phi) is 5.11. The first-order valence-corrected chi connectivity index (χ1v) is 9.58. The van der Waals surface area contributed by atoms with Crippen LogP contribution in [0.1, 0.15) is 10.4 Å². The van der Waals surface area contributed by atoms with Crippen molar-refractivity contribution >= 4 is 21.7 Å². The molecule has 3 aliphatic rings. The summed E-state index contributed by atoms with van der Waals surface area (Å²) >= 11 is 3.48. The van der Waals surface area contributed by atoms with Crippen molar-refractivity contribution in [2.45, 2.75) is 5.54 Å². The number of ether oxygens (including phenoxy) is 3. The van der Waals surface area contributed by atoms with Crippen LogP contribution in [0, 0.1) is 0 Å². The molecule has 1 aromatic rings. The molecule has 0 saturated carbocycles. The summed E-state index contributed by atoms with van der Waals surface area (Å²) in [4.78, 5) is 18.2. The summed E-state index contributed by atoms with van der Waals surface area (Å²) in [5.74, 6) is 0.836. The number of halogens is 1. The Morgan fingerprint density at radius 3 is 2.44 bits per heavy atom. The second-order valence-corrected chi connectivity index (χ2v) is 7.69. The Balaban J connectivity index is 1.68. The number of morpholine rings is 2. The molecule has 2 saturated heterocycles. The van der Waals surface area contributed by atoms with Crippen LogP contribution in [0.2, 0.25) is 0 Å². The zero-order chi connectivity index (χ0) is 17.3. The van der Waals surface area contributed by atoms with Crippen LogP contribution in [0.4, 0.5) is 0 Å². The van der Waals surface area contributed by atoms with E-state index >= 15 is 0 Å². The predicted octanol–water partition coefficient (Wildman–Crippen LogP) is 1.43. The molecule has 0 aliphatic carbocycles. The molecule has 1 unspecified atom stereocenters. The highest BCUT2D eigenvalue weighted by molar-refractivity contribution is 9.10. The molecule has 0 amide bonds. The number of hydrogen-bond donors (Lipinski definition) is 0. The molecule has 0 N–H and O–H groups in total. The van der Waals surface area contributed by atoms with Gasteiger partial charge in [-0.2, -0.15) is 0 Å². The average Bonchev–Trinajstić information content (AvgIpc) is 2.66. The van der Waals surface area contributed by atoms with Gasteiger partial charge in [0.1, 0.15) is 17.9 Å². The Morgan fingerprint density at radius 1 is 1.04 bits per heavy atom. The van der Waals surface area contributed by atoms with Gasteiger partial charge in [0.2, 0.25) is 0 Å². The minimum absolute atomic E-state index is 0.156. The Morgan fingerprint density at radius 2 is 1.72 bits per heavy atom. The van der Waals surface area contributed by atoms with Crippen LogP contribution in [-0.2, 0) is 9.47 Å². The number of fused-ring (bicyclic) bond motifs is 1. The number of Topliss-reactive ketones (excluding diaryl/α,β-unsaturated/α-hetero) is 1. The van der Waals surface area contributed by atoms with Gasteiger partial charge in [-0.1, -0.05) is 15.9 Å². The summed E-state index contributed by atoms with van der Waals surface area (Å²) in [6.07, 6.45) is 0. The smallest absolute Gasteiger partial charge is 0.191 e. The van der Waals surface area contributed by atoms with Gasteiger partial charge in [0.15, 0.2) is 5.78 Å². The standard InChI is InChI=1S/C18H23BrN2O4/c19-14-1-2-16-15(11-14)17(22)18(13-25-16,21-5-9-24-10-6-21)12-20-3-7-23-8-4-20/h1-2,11H,3-10,12-13H2. The topological polar surface area (TPSA) is 51.2 Å². The van der Waals surface area contributed by atoms with Crippen LogP contribution >= 0.6 is 15.9 Å². The van der Waals surface area contributed by atoms with E-state index in [0.717, 1.165) is 43.9 Å². The minimum Gasteiger partial charge on any atom is -0.490 e. The van der Waals surface area contributed by atoms with Gasteiger partial charge in [0.05, 0.1) is 32.0 Å². The molecule has 25 heavy (non-hydrogen) atoms. The van der Waals surface area contributed by atoms with Crippen LogP contribution in [0.25, 0.3) is 0 Å². The van der Waals surface area contributed by atoms with Gasteiger partial charge < -0.3 is 14.2 Å². The van der Waals surface area contributed by atoms with Gasteiger partial charge in [-0.25, -0.2) is 0 Å². The first-order chi connectivity index (χ1) is 12.2. The lowest BCUT2D eigenvalue weighted by atomic mass is 9.84. The lowest BCUT2D eigenvalue weighted by molar-refractivity contribution is -0.0546. The fraction of sp³-hybridized carbons (Fsp3) is 0.611. The Hall–Kier alpha value is -0.990. The molecule has 3 aliphatic heterocycles. The fourth-order valence-electron chi connectivity index (χ4n) is 3.89. The van der Waals surface area contributed by atoms with E-state index in [1.807, 2.05) is 18.2 Å². The highest BCUT2D eigenvalue weighted by Crippen LogP contribution is 2.35. The third-order valence-electron chi connectivity index (χ3n) is 5.28. The highest BCUT2D eigenvalue weighted by Gasteiger charge is 2.50. The SMILES string of the molecule is O=C1c2cc(Br)ccc2OCC1(CN1CCOCC1)N1CCOCC1. The van der Waals surface area contributed by atoms with E-state index in [9.17, 15) is 4.79 Å². The quantitative estimate of drug-likeness (QED) is 0.750. The van der Waals surface area contributed by atoms with Crippen molar-refractivity contribution in [1.29, 1.82) is 0 Å². The van der Waals surface area contributed by atoms with Crippen molar-refractivity contribution in [2.75, 3.05) is 65.8 Å². The van der Waals surface area contributed by atoms with Crippen molar-refractivity contribution in [2.24, 2.45) is 0 Å². The van der Waals surface area contributed by atoms with E-state index in [4.69, 9.17) is 14.2 Å². The minimum atomic E-state index is -0.658. The van der Waals surface area contributed by atoms with Crippen molar-refractivity contribution in [3.63, 3.8) is 0 Å². The molecule has 1 atom stereocenters. The van der Waals surface area contributed by atoms with E-state index in [2.05, 4.69) is 25.7 Å². The van der Waals surface area contributed by atoms with Crippen molar-refractivity contribution in [1.82, 2.24) is 9.80 Å². The van der Waals surface area contributed by atoms with Crippen LogP contribution < -0.4 is 4.74 Å². The van der Waals surface area contributed by atoms with E-state index in [0.29, 0.717) is 37.7 Å². The van der Waals surface area contributed by atoms with E-state index < -0.39 is 5.54 Å². The summed E-state index contributed by atoms with van der Waals surface area (Å²) in [6.45, 7) is 7.01. The third kappa shape index (κ3) is 3.36. The molecule has 4 rings (SSSR count). The largest absolute Gasteiger partial charge is 0.490 e. The number of rotatable bonds is 3. The number of benzene rings is 1. The lowest BCUT2D eigenvalue weighted by Crippen LogP contribution is -2.68. The molecule has 0 aromatic heterocycles. The summed E-state index contributed by atoms with van der Waals surface area (Å²) in [5.41, 5.74) is 0.00919. The maximum Gasteiger partial charge on any atom is 0.191 e. The summed E-state index contributed by atoms with van der Waals surface area (Å²) in [6, 6.07) is 5.66. The maximum atomic E-state index is 13.6. The summed E-state index contributed by atoms with van der Waals surface area (Å²) in [5, 5.41) is 0. The molecule has 0 spiro atoms. The van der Waals surface area contributed by atoms with Gasteiger partial charge in [-0.3, -0.25) is 14.6 Å². The maximum absolute atomic E-state index is 13.6. The number of nitrogens with zero attached hydrogens (tertiary/aromatic N) is 2. The number of carbonyl (C=O) groups excluding carboxylic acids is 1. The van der Waals surface area contributed by atoms with Crippen LogP contribution in [0.5, 0.6) is 5.75 Å². The Labute approximate surface area is 156 Å². The molecular weight excluding hydrogens is 388 g/mol. The second-order valence-electron chi connectivity index (χ2n) is 6.78. The van der Waals surface area contributed by atoms with Crippen LogP contribution in [-0.4, -0.2) is 86.9 Å². The monoisotopic (exact) mass is 410 g/mol. The first-order valence-electron chi connectivity index (χ1n) is 8.79. The molecule has 2 fully saturated rings.